The third-order valence-electron chi connectivity index (χ3n) is 3.43. The van der Waals surface area contributed by atoms with Crippen LogP contribution >= 0.6 is 0 Å². The van der Waals surface area contributed by atoms with E-state index in [1.54, 1.807) is 12.1 Å². The highest BCUT2D eigenvalue weighted by Gasteiger charge is 2.07. The standard InChI is InChI=1S/C17H27FN2O/c1-4-5-6-7-8-9-13(2)19-15-10-11-16(18)17(12-15)20-14(3)21/h10-13,19H,4-9H2,1-3H3,(H,20,21). The summed E-state index contributed by atoms with van der Waals surface area (Å²) in [5.41, 5.74) is 1.06. The van der Waals surface area contributed by atoms with E-state index in [0.29, 0.717) is 6.04 Å². The molecule has 21 heavy (non-hydrogen) atoms. The molecule has 1 amide bonds. The Hall–Kier alpha value is -1.58. The minimum atomic E-state index is -0.414. The van der Waals surface area contributed by atoms with Gasteiger partial charge >= 0.3 is 0 Å². The van der Waals surface area contributed by atoms with Gasteiger partial charge in [0.15, 0.2) is 0 Å². The molecule has 0 aromatic heterocycles. The second-order valence-corrected chi connectivity index (χ2v) is 5.62. The van der Waals surface area contributed by atoms with Gasteiger partial charge in [-0.05, 0) is 31.5 Å². The Morgan fingerprint density at radius 2 is 1.95 bits per heavy atom. The molecule has 0 aliphatic heterocycles. The van der Waals surface area contributed by atoms with E-state index in [9.17, 15) is 9.18 Å². The Labute approximate surface area is 127 Å². The maximum atomic E-state index is 13.5. The second kappa shape index (κ2) is 9.37. The molecule has 0 saturated carbocycles. The zero-order chi connectivity index (χ0) is 15.7. The lowest BCUT2D eigenvalue weighted by Crippen LogP contribution is -2.15. The molecule has 0 bridgehead atoms. The number of unbranched alkanes of at least 4 members (excludes halogenated alkanes) is 4. The molecule has 0 heterocycles. The van der Waals surface area contributed by atoms with Gasteiger partial charge < -0.3 is 10.6 Å². The molecule has 1 unspecified atom stereocenters. The van der Waals surface area contributed by atoms with E-state index in [1.165, 1.54) is 45.1 Å². The Balaban J connectivity index is 2.44. The summed E-state index contributed by atoms with van der Waals surface area (Å²) in [5, 5.41) is 5.85. The van der Waals surface area contributed by atoms with Crippen molar-refractivity contribution < 1.29 is 9.18 Å². The Bertz CT molecular complexity index is 448. The maximum Gasteiger partial charge on any atom is 0.221 e. The maximum absolute atomic E-state index is 13.5. The van der Waals surface area contributed by atoms with Crippen molar-refractivity contribution in [3.05, 3.63) is 24.0 Å². The number of carbonyl (C=O) groups is 1. The molecule has 2 N–H and O–H groups in total. The first-order valence-electron chi connectivity index (χ1n) is 7.86. The SMILES string of the molecule is CCCCCCCC(C)Nc1ccc(F)c(NC(C)=O)c1. The van der Waals surface area contributed by atoms with Crippen LogP contribution in [0.15, 0.2) is 18.2 Å². The van der Waals surface area contributed by atoms with Crippen LogP contribution in [0.4, 0.5) is 15.8 Å². The first-order chi connectivity index (χ1) is 10.0. The monoisotopic (exact) mass is 294 g/mol. The number of hydrogen-bond acceptors (Lipinski definition) is 2. The van der Waals surface area contributed by atoms with Gasteiger partial charge in [0.05, 0.1) is 5.69 Å². The molecule has 3 nitrogen and oxygen atoms in total. The average molecular weight is 294 g/mol. The first-order valence-corrected chi connectivity index (χ1v) is 7.86. The molecule has 4 heteroatoms. The van der Waals surface area contributed by atoms with Crippen LogP contribution in [0.25, 0.3) is 0 Å². The third kappa shape index (κ3) is 7.11. The molecule has 1 atom stereocenters. The highest BCUT2D eigenvalue weighted by atomic mass is 19.1. The number of carbonyl (C=O) groups excluding carboxylic acids is 1. The fourth-order valence-corrected chi connectivity index (χ4v) is 2.31. The van der Waals surface area contributed by atoms with Gasteiger partial charge in [0.2, 0.25) is 5.91 Å². The number of hydrogen-bond donors (Lipinski definition) is 2. The minimum absolute atomic E-state index is 0.225. The normalized spacial score (nSPS) is 12.0. The van der Waals surface area contributed by atoms with E-state index in [-0.39, 0.29) is 11.6 Å². The summed E-state index contributed by atoms with van der Waals surface area (Å²) in [7, 11) is 0. The second-order valence-electron chi connectivity index (χ2n) is 5.62. The van der Waals surface area contributed by atoms with Gasteiger partial charge in [-0.25, -0.2) is 4.39 Å². The van der Waals surface area contributed by atoms with Crippen molar-refractivity contribution in [2.75, 3.05) is 10.6 Å². The number of benzene rings is 1. The molecular formula is C17H27FN2O. The van der Waals surface area contributed by atoms with Crippen molar-refractivity contribution in [2.24, 2.45) is 0 Å². The lowest BCUT2D eigenvalue weighted by molar-refractivity contribution is -0.114. The average Bonchev–Trinajstić information content (AvgIpc) is 2.42. The van der Waals surface area contributed by atoms with E-state index in [2.05, 4.69) is 24.5 Å². The van der Waals surface area contributed by atoms with Gasteiger partial charge in [-0.2, -0.15) is 0 Å². The number of anilines is 2. The van der Waals surface area contributed by atoms with Crippen LogP contribution in [0.3, 0.4) is 0 Å². The summed E-state index contributed by atoms with van der Waals surface area (Å²) in [6.45, 7) is 5.71. The fraction of sp³-hybridized carbons (Fsp3) is 0.588. The summed E-state index contributed by atoms with van der Waals surface area (Å²) in [5.74, 6) is -0.682. The zero-order valence-electron chi connectivity index (χ0n) is 13.3. The lowest BCUT2D eigenvalue weighted by Gasteiger charge is -2.16. The molecule has 1 aromatic rings. The largest absolute Gasteiger partial charge is 0.383 e. The summed E-state index contributed by atoms with van der Waals surface area (Å²) >= 11 is 0. The minimum Gasteiger partial charge on any atom is -0.383 e. The molecule has 0 radical (unpaired) electrons. The summed E-state index contributed by atoms with van der Waals surface area (Å²) < 4.78 is 13.5. The first kappa shape index (κ1) is 17.5. The Morgan fingerprint density at radius 3 is 2.62 bits per heavy atom. The summed E-state index contributed by atoms with van der Waals surface area (Å²) in [4.78, 5) is 11.0. The third-order valence-corrected chi connectivity index (χ3v) is 3.43. The van der Waals surface area contributed by atoms with Gasteiger partial charge in [-0.1, -0.05) is 39.0 Å². The molecule has 118 valence electrons. The molecule has 0 spiro atoms. The zero-order valence-corrected chi connectivity index (χ0v) is 13.3. The number of halogens is 1. The summed E-state index contributed by atoms with van der Waals surface area (Å²) in [6, 6.07) is 5.06. The van der Waals surface area contributed by atoms with Crippen LogP contribution < -0.4 is 10.6 Å². The van der Waals surface area contributed by atoms with Crippen molar-refractivity contribution in [1.82, 2.24) is 0 Å². The predicted molar refractivity (Wildman–Crippen MR) is 87.2 cm³/mol. The van der Waals surface area contributed by atoms with Crippen LogP contribution in [0.2, 0.25) is 0 Å². The predicted octanol–water partition coefficient (Wildman–Crippen LogP) is 4.95. The fourth-order valence-electron chi connectivity index (χ4n) is 2.31. The van der Waals surface area contributed by atoms with Crippen molar-refractivity contribution >= 4 is 17.3 Å². The van der Waals surface area contributed by atoms with Crippen molar-refractivity contribution in [3.8, 4) is 0 Å². The number of rotatable bonds is 9. The van der Waals surface area contributed by atoms with Gasteiger partial charge in [0.25, 0.3) is 0 Å². The molecule has 1 rings (SSSR count). The van der Waals surface area contributed by atoms with Gasteiger partial charge in [-0.15, -0.1) is 0 Å². The molecular weight excluding hydrogens is 267 g/mol. The van der Waals surface area contributed by atoms with E-state index in [1.807, 2.05) is 0 Å². The van der Waals surface area contributed by atoms with Crippen molar-refractivity contribution in [3.63, 3.8) is 0 Å². The van der Waals surface area contributed by atoms with Crippen LogP contribution in [0.5, 0.6) is 0 Å². The van der Waals surface area contributed by atoms with Crippen molar-refractivity contribution in [1.29, 1.82) is 0 Å². The van der Waals surface area contributed by atoms with E-state index < -0.39 is 5.82 Å². The molecule has 0 fully saturated rings. The lowest BCUT2D eigenvalue weighted by atomic mass is 10.1. The van der Waals surface area contributed by atoms with Crippen LogP contribution in [0, 0.1) is 5.82 Å². The van der Waals surface area contributed by atoms with Gasteiger partial charge in [0, 0.05) is 18.7 Å². The Kier molecular flexibility index (Phi) is 7.80. The quantitative estimate of drug-likeness (QED) is 0.633. The highest BCUT2D eigenvalue weighted by Crippen LogP contribution is 2.21. The van der Waals surface area contributed by atoms with E-state index in [4.69, 9.17) is 0 Å². The number of amides is 1. The van der Waals surface area contributed by atoms with Gasteiger partial charge in [0.1, 0.15) is 5.82 Å². The smallest absolute Gasteiger partial charge is 0.221 e. The van der Waals surface area contributed by atoms with Crippen LogP contribution in [-0.2, 0) is 4.79 Å². The topological polar surface area (TPSA) is 41.1 Å². The molecule has 1 aromatic carbocycles. The van der Waals surface area contributed by atoms with Crippen LogP contribution in [0.1, 0.15) is 59.3 Å². The van der Waals surface area contributed by atoms with E-state index in [0.717, 1.165) is 12.1 Å². The highest BCUT2D eigenvalue weighted by molar-refractivity contribution is 5.89. The molecule has 0 saturated heterocycles. The molecule has 0 aliphatic carbocycles. The van der Waals surface area contributed by atoms with E-state index >= 15 is 0 Å². The number of nitrogens with one attached hydrogen (secondary N) is 2. The van der Waals surface area contributed by atoms with Gasteiger partial charge in [-0.3, -0.25) is 4.79 Å². The summed E-state index contributed by atoms with van der Waals surface area (Å²) in [6.07, 6.45) is 7.42. The van der Waals surface area contributed by atoms with Crippen molar-refractivity contribution in [2.45, 2.75) is 65.3 Å². The molecule has 0 aliphatic rings. The van der Waals surface area contributed by atoms with Crippen LogP contribution in [-0.4, -0.2) is 11.9 Å². The Morgan fingerprint density at radius 1 is 1.24 bits per heavy atom.